The van der Waals surface area contributed by atoms with Crippen molar-refractivity contribution in [2.75, 3.05) is 18.4 Å². The Kier molecular flexibility index (Phi) is 7.14. The Morgan fingerprint density at radius 3 is 2.62 bits per heavy atom. The number of halogens is 2. The summed E-state index contributed by atoms with van der Waals surface area (Å²) in [4.78, 5) is 24.5. The highest BCUT2D eigenvalue weighted by molar-refractivity contribution is 9.10. The van der Waals surface area contributed by atoms with Crippen LogP contribution in [0.3, 0.4) is 0 Å². The lowest BCUT2D eigenvalue weighted by molar-refractivity contribution is -0.137. The molecule has 0 unspecified atom stereocenters. The molecule has 5 nitrogen and oxygen atoms in total. The third-order valence-corrected chi connectivity index (χ3v) is 3.70. The number of benzene rings is 1. The summed E-state index contributed by atoms with van der Waals surface area (Å²) in [6.45, 7) is 4.29. The van der Waals surface area contributed by atoms with Gasteiger partial charge >= 0.3 is 5.97 Å². The number of carbonyl (C=O) groups excluding carboxylic acids is 1. The van der Waals surface area contributed by atoms with Crippen LogP contribution in [0, 0.1) is 0 Å². The molecule has 0 aliphatic heterocycles. The van der Waals surface area contributed by atoms with Crippen molar-refractivity contribution >= 4 is 45.1 Å². The highest BCUT2D eigenvalue weighted by atomic mass is 79.9. The second-order valence-electron chi connectivity index (χ2n) is 4.88. The minimum Gasteiger partial charge on any atom is -0.481 e. The topological polar surface area (TPSA) is 69.6 Å². The third-order valence-electron chi connectivity index (χ3n) is 2.90. The van der Waals surface area contributed by atoms with Crippen LogP contribution in [0.4, 0.5) is 5.69 Å². The van der Waals surface area contributed by atoms with Crippen LogP contribution in [0.2, 0.25) is 5.02 Å². The van der Waals surface area contributed by atoms with Gasteiger partial charge in [0.2, 0.25) is 5.91 Å². The average Bonchev–Trinajstić information content (AvgIpc) is 2.37. The standard InChI is InChI=1S/C14H18BrClN2O3/c1-9(2)18(6-5-14(20)21)8-13(19)17-12-4-3-10(15)7-11(12)16/h3-4,7,9H,5-6,8H2,1-2H3,(H,17,19)(H,20,21). The lowest BCUT2D eigenvalue weighted by Crippen LogP contribution is -2.39. The number of amides is 1. The second kappa shape index (κ2) is 8.36. The Bertz CT molecular complexity index is 523. The van der Waals surface area contributed by atoms with Crippen LogP contribution in [0.25, 0.3) is 0 Å². The minimum absolute atomic E-state index is 0.00446. The quantitative estimate of drug-likeness (QED) is 0.765. The fourth-order valence-corrected chi connectivity index (χ4v) is 2.44. The first kappa shape index (κ1) is 17.9. The first-order chi connectivity index (χ1) is 9.79. The summed E-state index contributed by atoms with van der Waals surface area (Å²) in [6, 6.07) is 5.27. The molecule has 0 saturated heterocycles. The van der Waals surface area contributed by atoms with E-state index in [2.05, 4.69) is 21.2 Å². The van der Waals surface area contributed by atoms with Crippen LogP contribution >= 0.6 is 27.5 Å². The van der Waals surface area contributed by atoms with E-state index in [0.717, 1.165) is 4.47 Å². The molecule has 1 rings (SSSR count). The monoisotopic (exact) mass is 376 g/mol. The first-order valence-corrected chi connectivity index (χ1v) is 7.67. The van der Waals surface area contributed by atoms with Gasteiger partial charge in [-0.1, -0.05) is 27.5 Å². The molecule has 0 atom stereocenters. The molecule has 0 radical (unpaired) electrons. The van der Waals surface area contributed by atoms with Gasteiger partial charge in [-0.2, -0.15) is 0 Å². The number of carboxylic acid groups (broad SMARTS) is 1. The summed E-state index contributed by atoms with van der Waals surface area (Å²) in [7, 11) is 0. The maximum Gasteiger partial charge on any atom is 0.304 e. The molecule has 1 aromatic carbocycles. The van der Waals surface area contributed by atoms with Gasteiger partial charge in [0, 0.05) is 17.1 Å². The smallest absolute Gasteiger partial charge is 0.304 e. The van der Waals surface area contributed by atoms with E-state index >= 15 is 0 Å². The highest BCUT2D eigenvalue weighted by Crippen LogP contribution is 2.25. The van der Waals surface area contributed by atoms with E-state index in [1.165, 1.54) is 0 Å². The Hall–Kier alpha value is -1.11. The number of aliphatic carboxylic acids is 1. The minimum atomic E-state index is -0.878. The lowest BCUT2D eigenvalue weighted by Gasteiger charge is -2.25. The predicted octanol–water partition coefficient (Wildman–Crippen LogP) is 3.23. The van der Waals surface area contributed by atoms with Crippen molar-refractivity contribution in [3.63, 3.8) is 0 Å². The molecule has 1 amide bonds. The molecule has 116 valence electrons. The number of carbonyl (C=O) groups is 2. The molecule has 1 aromatic rings. The molecule has 2 N–H and O–H groups in total. The van der Waals surface area contributed by atoms with Crippen molar-refractivity contribution in [2.45, 2.75) is 26.3 Å². The zero-order valence-electron chi connectivity index (χ0n) is 11.9. The van der Waals surface area contributed by atoms with Crippen molar-refractivity contribution in [1.82, 2.24) is 4.90 Å². The maximum absolute atomic E-state index is 12.0. The molecule has 7 heteroatoms. The Balaban J connectivity index is 2.63. The molecule has 0 saturated carbocycles. The molecular formula is C14H18BrClN2O3. The van der Waals surface area contributed by atoms with E-state index in [9.17, 15) is 9.59 Å². The van der Waals surface area contributed by atoms with Crippen LogP contribution in [-0.4, -0.2) is 41.0 Å². The number of rotatable bonds is 7. The summed E-state index contributed by atoms with van der Waals surface area (Å²) in [5.74, 6) is -1.10. The molecule has 21 heavy (non-hydrogen) atoms. The number of carboxylic acids is 1. The summed E-state index contributed by atoms with van der Waals surface area (Å²) >= 11 is 9.33. The summed E-state index contributed by atoms with van der Waals surface area (Å²) in [6.07, 6.45) is 0.00446. The van der Waals surface area contributed by atoms with E-state index in [-0.39, 0.29) is 24.9 Å². The van der Waals surface area contributed by atoms with Crippen molar-refractivity contribution < 1.29 is 14.7 Å². The van der Waals surface area contributed by atoms with Gasteiger partial charge in [0.05, 0.1) is 23.7 Å². The predicted molar refractivity (Wildman–Crippen MR) is 86.7 cm³/mol. The van der Waals surface area contributed by atoms with Crippen LogP contribution < -0.4 is 5.32 Å². The molecule has 0 bridgehead atoms. The van der Waals surface area contributed by atoms with Gasteiger partial charge in [-0.05, 0) is 32.0 Å². The Morgan fingerprint density at radius 2 is 2.10 bits per heavy atom. The van der Waals surface area contributed by atoms with Gasteiger partial charge in [0.25, 0.3) is 0 Å². The largest absolute Gasteiger partial charge is 0.481 e. The van der Waals surface area contributed by atoms with Gasteiger partial charge in [-0.3, -0.25) is 14.5 Å². The van der Waals surface area contributed by atoms with Gasteiger partial charge < -0.3 is 10.4 Å². The summed E-state index contributed by atoms with van der Waals surface area (Å²) in [5.41, 5.74) is 0.534. The molecule has 0 heterocycles. The Morgan fingerprint density at radius 1 is 1.43 bits per heavy atom. The van der Waals surface area contributed by atoms with Gasteiger partial charge in [0.1, 0.15) is 0 Å². The number of nitrogens with one attached hydrogen (secondary N) is 1. The first-order valence-electron chi connectivity index (χ1n) is 6.50. The van der Waals surface area contributed by atoms with E-state index < -0.39 is 5.97 Å². The molecule has 0 spiro atoms. The van der Waals surface area contributed by atoms with Crippen LogP contribution in [0.5, 0.6) is 0 Å². The maximum atomic E-state index is 12.0. The van der Waals surface area contributed by atoms with Crippen LogP contribution in [-0.2, 0) is 9.59 Å². The summed E-state index contributed by atoms with van der Waals surface area (Å²) < 4.78 is 0.829. The van der Waals surface area contributed by atoms with Crippen LogP contribution in [0.1, 0.15) is 20.3 Å². The van der Waals surface area contributed by atoms with Crippen molar-refractivity contribution in [3.05, 3.63) is 27.7 Å². The highest BCUT2D eigenvalue weighted by Gasteiger charge is 2.16. The number of hydrogen-bond donors (Lipinski definition) is 2. The van der Waals surface area contributed by atoms with Crippen molar-refractivity contribution in [2.24, 2.45) is 0 Å². The molecule has 0 aliphatic rings. The van der Waals surface area contributed by atoms with Gasteiger partial charge in [-0.25, -0.2) is 0 Å². The van der Waals surface area contributed by atoms with E-state index in [0.29, 0.717) is 17.3 Å². The van der Waals surface area contributed by atoms with Crippen LogP contribution in [0.15, 0.2) is 22.7 Å². The number of hydrogen-bond acceptors (Lipinski definition) is 3. The number of anilines is 1. The molecule has 0 aromatic heterocycles. The normalized spacial score (nSPS) is 11.0. The molecule has 0 aliphatic carbocycles. The van der Waals surface area contributed by atoms with Crippen molar-refractivity contribution in [3.8, 4) is 0 Å². The zero-order chi connectivity index (χ0) is 16.0. The Labute approximate surface area is 137 Å². The average molecular weight is 378 g/mol. The SMILES string of the molecule is CC(C)N(CCC(=O)O)CC(=O)Nc1ccc(Br)cc1Cl. The molecule has 0 fully saturated rings. The van der Waals surface area contributed by atoms with Crippen molar-refractivity contribution in [1.29, 1.82) is 0 Å². The van der Waals surface area contributed by atoms with E-state index in [1.54, 1.807) is 23.1 Å². The zero-order valence-corrected chi connectivity index (χ0v) is 14.2. The number of nitrogens with zero attached hydrogens (tertiary/aromatic N) is 1. The third kappa shape index (κ3) is 6.46. The van der Waals surface area contributed by atoms with E-state index in [4.69, 9.17) is 16.7 Å². The van der Waals surface area contributed by atoms with Gasteiger partial charge in [0.15, 0.2) is 0 Å². The second-order valence-corrected chi connectivity index (χ2v) is 6.20. The van der Waals surface area contributed by atoms with E-state index in [1.807, 2.05) is 13.8 Å². The fourth-order valence-electron chi connectivity index (χ4n) is 1.72. The molecular weight excluding hydrogens is 360 g/mol. The fraction of sp³-hybridized carbons (Fsp3) is 0.429. The lowest BCUT2D eigenvalue weighted by atomic mass is 10.2. The van der Waals surface area contributed by atoms with Gasteiger partial charge in [-0.15, -0.1) is 0 Å². The summed E-state index contributed by atoms with van der Waals surface area (Å²) in [5, 5.41) is 11.9.